The van der Waals surface area contributed by atoms with Crippen molar-refractivity contribution in [2.24, 2.45) is 9.98 Å². The third-order valence-electron chi connectivity index (χ3n) is 2.99. The molecule has 4 N–H and O–H groups in total. The Morgan fingerprint density at radius 3 is 2.59 bits per heavy atom. The second-order valence-corrected chi connectivity index (χ2v) is 4.67. The van der Waals surface area contributed by atoms with E-state index < -0.39 is 5.97 Å². The molecule has 0 aromatic heterocycles. The van der Waals surface area contributed by atoms with E-state index in [1.807, 2.05) is 20.0 Å². The number of hydrogen-bond donors (Lipinski definition) is 4. The van der Waals surface area contributed by atoms with Crippen LogP contribution in [0.5, 0.6) is 5.75 Å². The van der Waals surface area contributed by atoms with Gasteiger partial charge in [0.25, 0.3) is 0 Å². The number of aliphatic imine (C=N–C) groups is 2. The van der Waals surface area contributed by atoms with Gasteiger partial charge in [-0.25, -0.2) is 14.8 Å². The van der Waals surface area contributed by atoms with Crippen molar-refractivity contribution >= 4 is 47.7 Å². The van der Waals surface area contributed by atoms with Crippen LogP contribution in [0.3, 0.4) is 0 Å². The summed E-state index contributed by atoms with van der Waals surface area (Å²) in [4.78, 5) is 18.8. The maximum absolute atomic E-state index is 10.3. The van der Waals surface area contributed by atoms with Gasteiger partial charge in [0.15, 0.2) is 5.66 Å². The Labute approximate surface area is 150 Å². The first-order chi connectivity index (χ1) is 9.92. The van der Waals surface area contributed by atoms with Crippen LogP contribution in [0, 0.1) is 0 Å². The van der Waals surface area contributed by atoms with Gasteiger partial charge in [0.05, 0.1) is 6.34 Å². The van der Waals surface area contributed by atoms with E-state index >= 15 is 0 Å². The Hall–Kier alpha value is -1.83. The zero-order valence-corrected chi connectivity index (χ0v) is 11.7. The topological polar surface area (TPSA) is 106 Å². The predicted molar refractivity (Wildman–Crippen MR) is 86.6 cm³/mol. The minimum atomic E-state index is -1.11. The quantitative estimate of drug-likeness (QED) is 0.569. The van der Waals surface area contributed by atoms with Gasteiger partial charge >= 0.3 is 35.5 Å². The Kier molecular flexibility index (Phi) is 6.16. The third-order valence-corrected chi connectivity index (χ3v) is 2.99. The van der Waals surface area contributed by atoms with E-state index in [0.717, 1.165) is 11.5 Å². The molecule has 22 heavy (non-hydrogen) atoms. The second-order valence-electron chi connectivity index (χ2n) is 4.67. The second kappa shape index (κ2) is 7.44. The molecule has 0 bridgehead atoms. The molecule has 1 aromatic carbocycles. The van der Waals surface area contributed by atoms with Gasteiger partial charge in [-0.3, -0.25) is 0 Å². The summed E-state index contributed by atoms with van der Waals surface area (Å²) in [5.41, 5.74) is 0.542. The molecule has 0 amide bonds. The van der Waals surface area contributed by atoms with Gasteiger partial charge < -0.3 is 20.8 Å². The molecule has 1 unspecified atom stereocenters. The molecule has 2 aliphatic heterocycles. The number of carboxylic acids is 1. The van der Waals surface area contributed by atoms with Crippen LogP contribution < -0.4 is 10.6 Å². The van der Waals surface area contributed by atoms with E-state index in [1.54, 1.807) is 18.5 Å². The first kappa shape index (κ1) is 18.2. The van der Waals surface area contributed by atoms with Crippen LogP contribution in [0.15, 0.2) is 46.1 Å². The van der Waals surface area contributed by atoms with Gasteiger partial charge in [0.1, 0.15) is 22.8 Å². The van der Waals surface area contributed by atoms with E-state index in [1.165, 1.54) is 12.1 Å². The maximum atomic E-state index is 10.3. The number of nitrogens with zero attached hydrogens (tertiary/aromatic N) is 2. The summed E-state index contributed by atoms with van der Waals surface area (Å²) in [6.07, 6.45) is 3.55. The molecule has 0 spiro atoms. The molecule has 3 rings (SSSR count). The first-order valence-electron chi connectivity index (χ1n) is 6.27. The molecule has 0 fully saturated rings. The molecule has 2 heterocycles. The van der Waals surface area contributed by atoms with E-state index in [0.29, 0.717) is 0 Å². The number of para-hydroxylation sites is 1. The van der Waals surface area contributed by atoms with E-state index in [4.69, 9.17) is 10.2 Å². The van der Waals surface area contributed by atoms with Gasteiger partial charge in [-0.2, -0.15) is 0 Å². The Morgan fingerprint density at radius 1 is 1.32 bits per heavy atom. The molecule has 1 aromatic rings. The fourth-order valence-electron chi connectivity index (χ4n) is 1.89. The zero-order valence-electron chi connectivity index (χ0n) is 11.7. The number of carboxylic acid groups (broad SMARTS) is 1. The number of rotatable bonds is 1. The van der Waals surface area contributed by atoms with Gasteiger partial charge in [-0.1, -0.05) is 12.1 Å². The molecule has 0 saturated heterocycles. The minimum absolute atomic E-state index is 0. The van der Waals surface area contributed by atoms with Gasteiger partial charge in [0.2, 0.25) is 0 Å². The summed E-state index contributed by atoms with van der Waals surface area (Å²) in [7, 11) is 0. The SMILES string of the molecule is CC1=NC2(C)NC=NC2=CN1.O=C(O)c1ccccc1O.[NaH]. The zero-order chi connectivity index (χ0) is 15.5. The van der Waals surface area contributed by atoms with Crippen LogP contribution in [-0.2, 0) is 0 Å². The average molecular weight is 312 g/mol. The number of carbonyl (C=O) groups is 1. The van der Waals surface area contributed by atoms with Crippen LogP contribution in [0.4, 0.5) is 0 Å². The fourth-order valence-corrected chi connectivity index (χ4v) is 1.89. The van der Waals surface area contributed by atoms with Crippen LogP contribution in [0.2, 0.25) is 0 Å². The van der Waals surface area contributed by atoms with Gasteiger partial charge in [0, 0.05) is 6.20 Å². The number of benzene rings is 1. The number of nitrogens with one attached hydrogen (secondary N) is 2. The van der Waals surface area contributed by atoms with Crippen molar-refractivity contribution in [2.45, 2.75) is 19.5 Å². The number of hydrogen-bond acceptors (Lipinski definition) is 6. The number of fused-ring (bicyclic) bond motifs is 1. The molecular weight excluding hydrogens is 295 g/mol. The van der Waals surface area contributed by atoms with Crippen molar-refractivity contribution in [3.05, 3.63) is 41.7 Å². The number of amidine groups is 1. The number of aromatic carboxylic acids is 1. The number of phenols is 1. The van der Waals surface area contributed by atoms with Crippen molar-refractivity contribution in [3.8, 4) is 5.75 Å². The monoisotopic (exact) mass is 312 g/mol. The molecule has 0 saturated carbocycles. The summed E-state index contributed by atoms with van der Waals surface area (Å²) in [5, 5.41) is 23.4. The summed E-state index contributed by atoms with van der Waals surface area (Å²) >= 11 is 0. The fraction of sp³-hybridized carbons (Fsp3) is 0.214. The average Bonchev–Trinajstić information content (AvgIpc) is 2.80. The standard InChI is InChI=1S/C7H10N4.C7H6O3.Na.H/c1-5-8-3-6-7(2,11-5)10-4-9-6;8-6-4-2-1-3-5(6)7(9)10;;/h3-4H,1-2H3,(H,8,11)(H,9,10);1-4,8H,(H,9,10);;. The molecule has 0 radical (unpaired) electrons. The van der Waals surface area contributed by atoms with Crippen molar-refractivity contribution < 1.29 is 15.0 Å². The van der Waals surface area contributed by atoms with Crippen LogP contribution >= 0.6 is 0 Å². The van der Waals surface area contributed by atoms with E-state index in [9.17, 15) is 4.79 Å². The van der Waals surface area contributed by atoms with Crippen LogP contribution in [0.25, 0.3) is 0 Å². The molecule has 7 nitrogen and oxygen atoms in total. The van der Waals surface area contributed by atoms with Crippen molar-refractivity contribution in [2.75, 3.05) is 0 Å². The van der Waals surface area contributed by atoms with Gasteiger partial charge in [-0.05, 0) is 26.0 Å². The first-order valence-corrected chi connectivity index (χ1v) is 6.27. The van der Waals surface area contributed by atoms with Gasteiger partial charge in [-0.15, -0.1) is 0 Å². The predicted octanol–water partition coefficient (Wildman–Crippen LogP) is 0.639. The Balaban J connectivity index is 0.000000212. The molecular formula is C14H17N4NaO3. The van der Waals surface area contributed by atoms with E-state index in [2.05, 4.69) is 20.6 Å². The molecule has 112 valence electrons. The molecule has 1 atom stereocenters. The summed E-state index contributed by atoms with van der Waals surface area (Å²) in [6.45, 7) is 3.93. The Bertz CT molecular complexity index is 657. The normalized spacial score (nSPS) is 20.8. The van der Waals surface area contributed by atoms with Crippen molar-refractivity contribution in [1.82, 2.24) is 10.6 Å². The van der Waals surface area contributed by atoms with Crippen LogP contribution in [0.1, 0.15) is 24.2 Å². The summed E-state index contributed by atoms with van der Waals surface area (Å²) in [6, 6.07) is 5.81. The van der Waals surface area contributed by atoms with Crippen LogP contribution in [-0.4, -0.2) is 63.6 Å². The summed E-state index contributed by atoms with van der Waals surface area (Å²) < 4.78 is 0. The van der Waals surface area contributed by atoms with E-state index in [-0.39, 0.29) is 46.5 Å². The summed E-state index contributed by atoms with van der Waals surface area (Å²) in [5.74, 6) is -0.401. The van der Waals surface area contributed by atoms with Crippen molar-refractivity contribution in [1.29, 1.82) is 0 Å². The van der Waals surface area contributed by atoms with Crippen molar-refractivity contribution in [3.63, 3.8) is 0 Å². The molecule has 0 aliphatic carbocycles. The Morgan fingerprint density at radius 2 is 2.00 bits per heavy atom. The number of aromatic hydroxyl groups is 1. The third kappa shape index (κ3) is 4.09. The molecule has 2 aliphatic rings. The molecule has 8 heteroatoms.